The van der Waals surface area contributed by atoms with Crippen molar-refractivity contribution >= 4 is 21.5 Å². The standard InChI is InChI=1S/C11H17N3O3S/c1-7(2)18(16,17)14-9-6-4-5-8(3)10(9)11(12)13-15/h4-7,14-15H,1-3H3,(H2,12,13). The molecule has 1 rings (SSSR count). The smallest absolute Gasteiger partial charge is 0.235 e. The van der Waals surface area contributed by atoms with Gasteiger partial charge in [0.2, 0.25) is 10.0 Å². The summed E-state index contributed by atoms with van der Waals surface area (Å²) >= 11 is 0. The molecule has 1 aromatic carbocycles. The maximum absolute atomic E-state index is 11.8. The summed E-state index contributed by atoms with van der Waals surface area (Å²) in [6.45, 7) is 4.89. The fraction of sp³-hybridized carbons (Fsp3) is 0.364. The van der Waals surface area contributed by atoms with Crippen LogP contribution in [0.5, 0.6) is 0 Å². The van der Waals surface area contributed by atoms with Gasteiger partial charge in [0.15, 0.2) is 5.84 Å². The van der Waals surface area contributed by atoms with Gasteiger partial charge in [0.25, 0.3) is 0 Å². The van der Waals surface area contributed by atoms with Gasteiger partial charge in [-0.3, -0.25) is 4.72 Å². The number of oxime groups is 1. The van der Waals surface area contributed by atoms with Gasteiger partial charge < -0.3 is 10.9 Å². The molecule has 0 unspecified atom stereocenters. The third kappa shape index (κ3) is 2.92. The van der Waals surface area contributed by atoms with Gasteiger partial charge in [0, 0.05) is 5.56 Å². The highest BCUT2D eigenvalue weighted by molar-refractivity contribution is 7.93. The molecule has 18 heavy (non-hydrogen) atoms. The number of nitrogens with one attached hydrogen (secondary N) is 1. The van der Waals surface area contributed by atoms with E-state index in [1.165, 1.54) is 0 Å². The second-order valence-corrected chi connectivity index (χ2v) is 6.42. The highest BCUT2D eigenvalue weighted by Gasteiger charge is 2.19. The topological polar surface area (TPSA) is 105 Å². The normalized spacial score (nSPS) is 12.8. The molecule has 1 aromatic rings. The zero-order valence-electron chi connectivity index (χ0n) is 10.5. The first-order valence-electron chi connectivity index (χ1n) is 5.38. The van der Waals surface area contributed by atoms with Gasteiger partial charge in [-0.2, -0.15) is 0 Å². The molecule has 0 aliphatic heterocycles. The molecule has 0 fully saturated rings. The van der Waals surface area contributed by atoms with E-state index < -0.39 is 15.3 Å². The Morgan fingerprint density at radius 3 is 2.56 bits per heavy atom. The number of rotatable bonds is 4. The Morgan fingerprint density at radius 1 is 1.44 bits per heavy atom. The number of sulfonamides is 1. The molecule has 0 aromatic heterocycles. The van der Waals surface area contributed by atoms with Gasteiger partial charge in [-0.05, 0) is 32.4 Å². The number of benzene rings is 1. The van der Waals surface area contributed by atoms with Gasteiger partial charge in [0.05, 0.1) is 10.9 Å². The summed E-state index contributed by atoms with van der Waals surface area (Å²) in [5, 5.41) is 11.1. The number of nitrogens with two attached hydrogens (primary N) is 1. The zero-order chi connectivity index (χ0) is 13.9. The van der Waals surface area contributed by atoms with Gasteiger partial charge in [0.1, 0.15) is 0 Å². The van der Waals surface area contributed by atoms with E-state index in [4.69, 9.17) is 10.9 Å². The van der Waals surface area contributed by atoms with Crippen LogP contribution < -0.4 is 10.5 Å². The van der Waals surface area contributed by atoms with Crippen LogP contribution in [0.1, 0.15) is 25.0 Å². The molecule has 0 saturated heterocycles. The van der Waals surface area contributed by atoms with Crippen LogP contribution in [-0.4, -0.2) is 24.7 Å². The Hall–Kier alpha value is -1.76. The van der Waals surface area contributed by atoms with Gasteiger partial charge in [-0.15, -0.1) is 0 Å². The van der Waals surface area contributed by atoms with E-state index in [2.05, 4.69) is 9.88 Å². The molecule has 0 aliphatic rings. The molecule has 7 heteroatoms. The number of anilines is 1. The minimum Gasteiger partial charge on any atom is -0.409 e. The van der Waals surface area contributed by atoms with Crippen LogP contribution in [0.25, 0.3) is 0 Å². The summed E-state index contributed by atoms with van der Waals surface area (Å²) in [6.07, 6.45) is 0. The minimum absolute atomic E-state index is 0.130. The summed E-state index contributed by atoms with van der Waals surface area (Å²) in [5.41, 5.74) is 6.96. The maximum Gasteiger partial charge on any atom is 0.235 e. The van der Waals surface area contributed by atoms with E-state index in [1.54, 1.807) is 39.0 Å². The van der Waals surface area contributed by atoms with Crippen LogP contribution in [-0.2, 0) is 10.0 Å². The molecule has 6 nitrogen and oxygen atoms in total. The maximum atomic E-state index is 11.8. The van der Waals surface area contributed by atoms with E-state index in [9.17, 15) is 8.42 Å². The van der Waals surface area contributed by atoms with Crippen molar-refractivity contribution in [2.75, 3.05) is 4.72 Å². The van der Waals surface area contributed by atoms with E-state index in [0.717, 1.165) is 0 Å². The largest absolute Gasteiger partial charge is 0.409 e. The van der Waals surface area contributed by atoms with Gasteiger partial charge in [-0.25, -0.2) is 8.42 Å². The quantitative estimate of drug-likeness (QED) is 0.331. The van der Waals surface area contributed by atoms with Crippen LogP contribution in [0.3, 0.4) is 0 Å². The van der Waals surface area contributed by atoms with Crippen molar-refractivity contribution in [1.82, 2.24) is 0 Å². The van der Waals surface area contributed by atoms with Crippen molar-refractivity contribution in [3.8, 4) is 0 Å². The van der Waals surface area contributed by atoms with Gasteiger partial charge in [-0.1, -0.05) is 17.3 Å². The molecule has 0 radical (unpaired) electrons. The van der Waals surface area contributed by atoms with Crippen molar-refractivity contribution in [1.29, 1.82) is 0 Å². The molecular formula is C11H17N3O3S. The molecule has 100 valence electrons. The van der Waals surface area contributed by atoms with Crippen LogP contribution in [0.2, 0.25) is 0 Å². The second kappa shape index (κ2) is 5.26. The average molecular weight is 271 g/mol. The SMILES string of the molecule is Cc1cccc(NS(=O)(=O)C(C)C)c1/C(N)=N/O. The Bertz CT molecular complexity index is 565. The van der Waals surface area contributed by atoms with Crippen LogP contribution in [0, 0.1) is 6.92 Å². The number of hydrogen-bond donors (Lipinski definition) is 3. The van der Waals surface area contributed by atoms with Crippen molar-refractivity contribution < 1.29 is 13.6 Å². The molecule has 0 saturated carbocycles. The third-order valence-electron chi connectivity index (χ3n) is 2.51. The lowest BCUT2D eigenvalue weighted by Crippen LogP contribution is -2.25. The summed E-state index contributed by atoms with van der Waals surface area (Å²) in [4.78, 5) is 0. The second-order valence-electron chi connectivity index (χ2n) is 4.18. The van der Waals surface area contributed by atoms with Crippen molar-refractivity contribution in [2.45, 2.75) is 26.0 Å². The Balaban J connectivity index is 3.31. The van der Waals surface area contributed by atoms with Crippen LogP contribution in [0.15, 0.2) is 23.4 Å². The average Bonchev–Trinajstić information content (AvgIpc) is 2.27. The number of nitrogens with zero attached hydrogens (tertiary/aromatic N) is 1. The third-order valence-corrected chi connectivity index (χ3v) is 4.26. The Kier molecular flexibility index (Phi) is 4.18. The number of amidine groups is 1. The predicted molar refractivity (Wildman–Crippen MR) is 71.4 cm³/mol. The molecule has 0 atom stereocenters. The molecule has 0 spiro atoms. The Morgan fingerprint density at radius 2 is 2.06 bits per heavy atom. The summed E-state index contributed by atoms with van der Waals surface area (Å²) < 4.78 is 26.1. The lowest BCUT2D eigenvalue weighted by molar-refractivity contribution is 0.318. The van der Waals surface area contributed by atoms with E-state index in [-0.39, 0.29) is 5.84 Å². The first-order valence-corrected chi connectivity index (χ1v) is 6.93. The summed E-state index contributed by atoms with van der Waals surface area (Å²) in [5.74, 6) is -0.130. The lowest BCUT2D eigenvalue weighted by Gasteiger charge is -2.15. The van der Waals surface area contributed by atoms with Crippen molar-refractivity contribution in [2.24, 2.45) is 10.9 Å². The van der Waals surface area contributed by atoms with E-state index in [1.807, 2.05) is 0 Å². The predicted octanol–water partition coefficient (Wildman–Crippen LogP) is 1.24. The number of aryl methyl sites for hydroxylation is 1. The van der Waals surface area contributed by atoms with E-state index >= 15 is 0 Å². The summed E-state index contributed by atoms with van der Waals surface area (Å²) in [6, 6.07) is 5.02. The number of hydrogen-bond acceptors (Lipinski definition) is 4. The highest BCUT2D eigenvalue weighted by atomic mass is 32.2. The molecule has 0 amide bonds. The highest BCUT2D eigenvalue weighted by Crippen LogP contribution is 2.21. The van der Waals surface area contributed by atoms with E-state index in [0.29, 0.717) is 16.8 Å². The fourth-order valence-electron chi connectivity index (χ4n) is 1.41. The molecule has 0 aliphatic carbocycles. The summed E-state index contributed by atoms with van der Waals surface area (Å²) in [7, 11) is -3.47. The van der Waals surface area contributed by atoms with Crippen molar-refractivity contribution in [3.63, 3.8) is 0 Å². The van der Waals surface area contributed by atoms with Crippen molar-refractivity contribution in [3.05, 3.63) is 29.3 Å². The minimum atomic E-state index is -3.47. The molecule has 0 heterocycles. The fourth-order valence-corrected chi connectivity index (χ4v) is 2.13. The van der Waals surface area contributed by atoms with Crippen LogP contribution >= 0.6 is 0 Å². The zero-order valence-corrected chi connectivity index (χ0v) is 11.3. The Labute approximate surface area is 107 Å². The lowest BCUT2D eigenvalue weighted by atomic mass is 10.1. The molecule has 0 bridgehead atoms. The van der Waals surface area contributed by atoms with Crippen LogP contribution in [0.4, 0.5) is 5.69 Å². The monoisotopic (exact) mass is 271 g/mol. The first-order chi connectivity index (χ1) is 8.29. The molecule has 4 N–H and O–H groups in total. The first kappa shape index (κ1) is 14.3. The molecular weight excluding hydrogens is 254 g/mol. The van der Waals surface area contributed by atoms with Gasteiger partial charge >= 0.3 is 0 Å².